The van der Waals surface area contributed by atoms with E-state index in [2.05, 4.69) is 15.1 Å². The summed E-state index contributed by atoms with van der Waals surface area (Å²) in [7, 11) is 1.87. The van der Waals surface area contributed by atoms with E-state index in [9.17, 15) is 4.79 Å². The maximum absolute atomic E-state index is 12.8. The van der Waals surface area contributed by atoms with Crippen molar-refractivity contribution in [1.82, 2.24) is 24.9 Å². The number of urea groups is 1. The monoisotopic (exact) mass is 407 g/mol. The summed E-state index contributed by atoms with van der Waals surface area (Å²) in [6.07, 6.45) is 2.54. The lowest BCUT2D eigenvalue weighted by atomic mass is 9.97. The lowest BCUT2D eigenvalue weighted by Crippen LogP contribution is -2.48. The molecule has 0 aliphatic carbocycles. The van der Waals surface area contributed by atoms with E-state index in [-0.39, 0.29) is 18.0 Å². The first-order chi connectivity index (χ1) is 14.7. The van der Waals surface area contributed by atoms with Crippen molar-refractivity contribution >= 4 is 16.9 Å². The van der Waals surface area contributed by atoms with Crippen LogP contribution >= 0.6 is 0 Å². The van der Waals surface area contributed by atoms with E-state index in [4.69, 9.17) is 9.26 Å². The number of ether oxygens (including phenoxy) is 1. The predicted molar refractivity (Wildman–Crippen MR) is 111 cm³/mol. The molecule has 2 amide bonds. The molecule has 1 atom stereocenters. The molecule has 4 heterocycles. The van der Waals surface area contributed by atoms with Gasteiger partial charge in [-0.1, -0.05) is 29.4 Å². The van der Waals surface area contributed by atoms with E-state index in [0.29, 0.717) is 37.1 Å². The summed E-state index contributed by atoms with van der Waals surface area (Å²) < 4.78 is 11.0. The predicted octanol–water partition coefficient (Wildman–Crippen LogP) is 3.30. The molecular formula is C22H25N5O3. The third kappa shape index (κ3) is 3.63. The number of piperidine rings is 1. The third-order valence-electron chi connectivity index (χ3n) is 6.14. The number of fused-ring (bicyclic) bond motifs is 1. The zero-order valence-electron chi connectivity index (χ0n) is 17.0. The Labute approximate surface area is 174 Å². The fourth-order valence-electron chi connectivity index (χ4n) is 4.22. The lowest BCUT2D eigenvalue weighted by Gasteiger charge is -2.35. The maximum atomic E-state index is 12.8. The van der Waals surface area contributed by atoms with Crippen molar-refractivity contribution in [3.05, 3.63) is 42.3 Å². The van der Waals surface area contributed by atoms with Crippen molar-refractivity contribution < 1.29 is 14.1 Å². The highest BCUT2D eigenvalue weighted by Gasteiger charge is 2.32. The van der Waals surface area contributed by atoms with Crippen LogP contribution in [0.3, 0.4) is 0 Å². The van der Waals surface area contributed by atoms with Gasteiger partial charge in [-0.15, -0.1) is 0 Å². The average molecular weight is 407 g/mol. The van der Waals surface area contributed by atoms with Gasteiger partial charge in [0.2, 0.25) is 11.7 Å². The summed E-state index contributed by atoms with van der Waals surface area (Å²) in [5.41, 5.74) is 1.61. The molecule has 2 saturated heterocycles. The van der Waals surface area contributed by atoms with Crippen LogP contribution in [0.5, 0.6) is 0 Å². The van der Waals surface area contributed by atoms with E-state index in [0.717, 1.165) is 36.8 Å². The number of hydrogen-bond donors (Lipinski definition) is 0. The molecule has 1 unspecified atom stereocenters. The molecule has 0 bridgehead atoms. The van der Waals surface area contributed by atoms with Crippen LogP contribution in [0.1, 0.15) is 31.1 Å². The molecule has 8 heteroatoms. The van der Waals surface area contributed by atoms with Gasteiger partial charge < -0.3 is 19.1 Å². The van der Waals surface area contributed by atoms with Crippen molar-refractivity contribution in [3.63, 3.8) is 0 Å². The van der Waals surface area contributed by atoms with Crippen LogP contribution in [0.2, 0.25) is 0 Å². The molecule has 30 heavy (non-hydrogen) atoms. The van der Waals surface area contributed by atoms with Gasteiger partial charge in [0.1, 0.15) is 5.69 Å². The Kier molecular flexibility index (Phi) is 5.08. The average Bonchev–Trinajstić information content (AvgIpc) is 3.50. The zero-order valence-corrected chi connectivity index (χ0v) is 17.0. The summed E-state index contributed by atoms with van der Waals surface area (Å²) in [5, 5.41) is 5.23. The Morgan fingerprint density at radius 2 is 1.93 bits per heavy atom. The molecule has 5 rings (SSSR count). The van der Waals surface area contributed by atoms with Crippen molar-refractivity contribution in [2.45, 2.75) is 31.2 Å². The van der Waals surface area contributed by atoms with Gasteiger partial charge in [0.25, 0.3) is 0 Å². The Bertz CT molecular complexity index is 1040. The fraction of sp³-hybridized carbons (Fsp3) is 0.455. The number of likely N-dealkylation sites (N-methyl/N-ethyl adjacent to an activating group) is 1. The topological polar surface area (TPSA) is 84.6 Å². The summed E-state index contributed by atoms with van der Waals surface area (Å²) in [6.45, 7) is 2.74. The SMILES string of the molecule is CN(C(=O)N1CCC(c2nc(-c3ccc4ccccc4n3)no2)CC1)C1CCOC1. The van der Waals surface area contributed by atoms with Gasteiger partial charge in [0.05, 0.1) is 18.2 Å². The third-order valence-corrected chi connectivity index (χ3v) is 6.14. The number of nitrogens with zero attached hydrogens (tertiary/aromatic N) is 5. The number of carbonyl (C=O) groups excluding carboxylic acids is 1. The van der Waals surface area contributed by atoms with Crippen molar-refractivity contribution in [1.29, 1.82) is 0 Å². The van der Waals surface area contributed by atoms with Crippen LogP contribution in [0.15, 0.2) is 40.9 Å². The molecule has 8 nitrogen and oxygen atoms in total. The largest absolute Gasteiger partial charge is 0.379 e. The number of likely N-dealkylation sites (tertiary alicyclic amines) is 1. The highest BCUT2D eigenvalue weighted by molar-refractivity contribution is 5.80. The minimum atomic E-state index is 0.0792. The van der Waals surface area contributed by atoms with Gasteiger partial charge in [0, 0.05) is 38.0 Å². The van der Waals surface area contributed by atoms with Crippen molar-refractivity contribution in [2.75, 3.05) is 33.4 Å². The fourth-order valence-corrected chi connectivity index (χ4v) is 4.22. The Balaban J connectivity index is 1.23. The standard InChI is InChI=1S/C22H25N5O3/c1-26(17-10-13-29-14-17)22(28)27-11-8-16(9-12-27)21-24-20(25-30-21)19-7-6-15-4-2-3-5-18(15)23-19/h2-7,16-17H,8-14H2,1H3. The second-order valence-electron chi connectivity index (χ2n) is 8.02. The number of pyridine rings is 1. The minimum Gasteiger partial charge on any atom is -0.379 e. The summed E-state index contributed by atoms with van der Waals surface area (Å²) >= 11 is 0. The Morgan fingerprint density at radius 3 is 2.73 bits per heavy atom. The summed E-state index contributed by atoms with van der Waals surface area (Å²) in [6, 6.07) is 12.2. The first-order valence-corrected chi connectivity index (χ1v) is 10.5. The quantitative estimate of drug-likeness (QED) is 0.662. The van der Waals surface area contributed by atoms with E-state index in [1.807, 2.05) is 53.2 Å². The highest BCUT2D eigenvalue weighted by Crippen LogP contribution is 2.29. The normalized spacial score (nSPS) is 20.0. The van der Waals surface area contributed by atoms with Crippen molar-refractivity contribution in [3.8, 4) is 11.5 Å². The molecule has 2 aromatic heterocycles. The summed E-state index contributed by atoms with van der Waals surface area (Å²) in [5.74, 6) is 1.30. The van der Waals surface area contributed by atoms with E-state index in [1.165, 1.54) is 0 Å². The number of amides is 2. The molecule has 0 N–H and O–H groups in total. The van der Waals surface area contributed by atoms with Gasteiger partial charge in [-0.05, 0) is 31.4 Å². The second kappa shape index (κ2) is 8.02. The molecule has 0 radical (unpaired) electrons. The van der Waals surface area contributed by atoms with Gasteiger partial charge >= 0.3 is 6.03 Å². The number of rotatable bonds is 3. The minimum absolute atomic E-state index is 0.0792. The second-order valence-corrected chi connectivity index (χ2v) is 8.02. The smallest absolute Gasteiger partial charge is 0.320 e. The molecule has 2 aliphatic heterocycles. The van der Waals surface area contributed by atoms with Gasteiger partial charge in [-0.2, -0.15) is 4.98 Å². The molecular weight excluding hydrogens is 382 g/mol. The molecule has 0 spiro atoms. The number of carbonyl (C=O) groups is 1. The first kappa shape index (κ1) is 19.0. The van der Waals surface area contributed by atoms with Crippen LogP contribution < -0.4 is 0 Å². The highest BCUT2D eigenvalue weighted by atomic mass is 16.5. The lowest BCUT2D eigenvalue weighted by molar-refractivity contribution is 0.121. The maximum Gasteiger partial charge on any atom is 0.320 e. The number of aromatic nitrogens is 3. The molecule has 2 aliphatic rings. The van der Waals surface area contributed by atoms with Crippen LogP contribution in [0, 0.1) is 0 Å². The van der Waals surface area contributed by atoms with Crippen molar-refractivity contribution in [2.24, 2.45) is 0 Å². The van der Waals surface area contributed by atoms with Crippen LogP contribution in [-0.2, 0) is 4.74 Å². The molecule has 3 aromatic rings. The van der Waals surface area contributed by atoms with E-state index in [1.54, 1.807) is 0 Å². The Morgan fingerprint density at radius 1 is 1.10 bits per heavy atom. The molecule has 2 fully saturated rings. The van der Waals surface area contributed by atoms with Crippen LogP contribution in [0.4, 0.5) is 4.79 Å². The van der Waals surface area contributed by atoms with Gasteiger partial charge in [0.15, 0.2) is 0 Å². The van der Waals surface area contributed by atoms with Gasteiger partial charge in [-0.25, -0.2) is 9.78 Å². The molecule has 156 valence electrons. The number of benzene rings is 1. The summed E-state index contributed by atoms with van der Waals surface area (Å²) in [4.78, 5) is 25.7. The van der Waals surface area contributed by atoms with E-state index >= 15 is 0 Å². The van der Waals surface area contributed by atoms with Gasteiger partial charge in [-0.3, -0.25) is 0 Å². The first-order valence-electron chi connectivity index (χ1n) is 10.5. The Hall–Kier alpha value is -3.00. The van der Waals surface area contributed by atoms with Crippen LogP contribution in [-0.4, -0.2) is 70.3 Å². The molecule has 0 saturated carbocycles. The number of para-hydroxylation sites is 1. The number of hydrogen-bond acceptors (Lipinski definition) is 6. The van der Waals surface area contributed by atoms with Crippen LogP contribution in [0.25, 0.3) is 22.4 Å². The zero-order chi connectivity index (χ0) is 20.5. The van der Waals surface area contributed by atoms with E-state index < -0.39 is 0 Å². The molecule has 1 aromatic carbocycles.